The summed E-state index contributed by atoms with van der Waals surface area (Å²) in [5, 5.41) is 0. The van der Waals surface area contributed by atoms with E-state index in [-0.39, 0.29) is 53.5 Å². The van der Waals surface area contributed by atoms with E-state index in [0.29, 0.717) is 0 Å². The summed E-state index contributed by atoms with van der Waals surface area (Å²) >= 11 is 0. The fourth-order valence-corrected chi connectivity index (χ4v) is 0. The molecular weight excluding hydrogens is 241 g/mol. The molecule has 8 heavy (non-hydrogen) atoms. The van der Waals surface area contributed by atoms with Crippen LogP contribution >= 0.6 is 9.90 Å². The van der Waals surface area contributed by atoms with Gasteiger partial charge in [-0.25, -0.2) is 0 Å². The van der Waals surface area contributed by atoms with E-state index in [4.69, 9.17) is 19.2 Å². The van der Waals surface area contributed by atoms with Crippen molar-refractivity contribution in [2.24, 2.45) is 0 Å². The van der Waals surface area contributed by atoms with Gasteiger partial charge in [-0.05, 0) is 0 Å². The smallest absolute Gasteiger partial charge is 0.368 e. The molecule has 3 radical (unpaired) electrons. The summed E-state index contributed by atoms with van der Waals surface area (Å²) < 4.78 is 0. The third-order valence-electron chi connectivity index (χ3n) is 0. The van der Waals surface area contributed by atoms with Crippen LogP contribution in [0.15, 0.2) is 0 Å². The van der Waals surface area contributed by atoms with Crippen LogP contribution in [0.5, 0.6) is 0 Å². The third kappa shape index (κ3) is 104. The van der Waals surface area contributed by atoms with Gasteiger partial charge in [0.15, 0.2) is 17.4 Å². The molecule has 0 unspecified atom stereocenters. The maximum Gasteiger partial charge on any atom is 0.668 e. The minimum Gasteiger partial charge on any atom is -0.368 e. The molecule has 0 aliphatic rings. The van der Waals surface area contributed by atoms with E-state index in [1.54, 1.807) is 0 Å². The Kier molecular flexibility index (Phi) is 25.1. The Bertz CT molecular complexity index is 31.5. The van der Waals surface area contributed by atoms with E-state index >= 15 is 0 Å². The van der Waals surface area contributed by atoms with Crippen LogP contribution in [0.25, 0.3) is 0 Å². The van der Waals surface area contributed by atoms with Crippen LogP contribution in [0.4, 0.5) is 0 Å². The van der Waals surface area contributed by atoms with Gasteiger partial charge in [-0.2, -0.15) is 0 Å². The van der Waals surface area contributed by atoms with Gasteiger partial charge in [-0.3, -0.25) is 0 Å². The molecule has 0 aliphatic carbocycles. The second-order valence-corrected chi connectivity index (χ2v) is 1.80. The topological polar surface area (TPSA) is 80.9 Å². The number of hydrogen-bond acceptors (Lipinski definition) is 4. The zero-order chi connectivity index (χ0) is 4.50. The van der Waals surface area contributed by atoms with Crippen molar-refractivity contribution in [2.75, 3.05) is 0 Å². The summed E-state index contributed by atoms with van der Waals surface area (Å²) in [6.07, 6.45) is 0. The SMILES string of the molecule is O[Si](O)(O)O.[AlH3].[P].[Zr]. The molecule has 8 heteroatoms. The molecule has 0 aromatic heterocycles. The molecule has 0 bridgehead atoms. The van der Waals surface area contributed by atoms with E-state index in [1.807, 2.05) is 0 Å². The normalized spacial score (nSPS) is 7.50. The molecule has 0 saturated carbocycles. The Morgan fingerprint density at radius 3 is 0.875 bits per heavy atom. The molecule has 0 heterocycles. The van der Waals surface area contributed by atoms with Crippen molar-refractivity contribution in [3.63, 3.8) is 0 Å². The average Bonchev–Trinajstić information content (AvgIpc) is 0.722. The summed E-state index contributed by atoms with van der Waals surface area (Å²) in [7, 11) is -4.61. The van der Waals surface area contributed by atoms with Crippen molar-refractivity contribution < 1.29 is 45.4 Å². The Labute approximate surface area is 81.3 Å². The molecule has 0 spiro atoms. The second-order valence-electron chi connectivity index (χ2n) is 0.600. The predicted octanol–water partition coefficient (Wildman–Crippen LogP) is -2.93. The first-order valence-corrected chi connectivity index (χ1v) is 2.68. The molecule has 0 amide bonds. The van der Waals surface area contributed by atoms with Crippen LogP contribution in [0, 0.1) is 0 Å². The standard InChI is InChI=1S/Al.H4O4Si.P.Zr.3H/c;1-5(2,3)4;;;;;/h;1-4H;;;;;. The molecule has 0 aliphatic heterocycles. The molecule has 0 atom stereocenters. The largest absolute Gasteiger partial charge is 0.668 e. The molecule has 0 aromatic rings. The van der Waals surface area contributed by atoms with E-state index < -0.39 is 9.05 Å². The average molecular weight is 248 g/mol. The van der Waals surface area contributed by atoms with Crippen LogP contribution in [-0.2, 0) is 26.2 Å². The van der Waals surface area contributed by atoms with Gasteiger partial charge in [0.05, 0.1) is 0 Å². The molecule has 4 nitrogen and oxygen atoms in total. The van der Waals surface area contributed by atoms with Crippen molar-refractivity contribution in [3.8, 4) is 0 Å². The summed E-state index contributed by atoms with van der Waals surface area (Å²) in [4.78, 5) is 29.3. The van der Waals surface area contributed by atoms with Crippen molar-refractivity contribution in [3.05, 3.63) is 0 Å². The zero-order valence-electron chi connectivity index (χ0n) is 3.24. The summed E-state index contributed by atoms with van der Waals surface area (Å²) in [6, 6.07) is 0. The molecular formula is H7AlO4PSiZr. The van der Waals surface area contributed by atoms with E-state index in [9.17, 15) is 0 Å². The van der Waals surface area contributed by atoms with Gasteiger partial charge in [-0.15, -0.1) is 0 Å². The first kappa shape index (κ1) is 22.5. The van der Waals surface area contributed by atoms with Crippen LogP contribution in [0.3, 0.4) is 0 Å². The fourth-order valence-electron chi connectivity index (χ4n) is 0. The van der Waals surface area contributed by atoms with Gasteiger partial charge >= 0.3 is 9.05 Å². The quantitative estimate of drug-likeness (QED) is 0.273. The molecule has 0 aromatic carbocycles. The maximum absolute atomic E-state index is 7.33. The maximum atomic E-state index is 7.33. The Balaban J connectivity index is -0.0000000267. The van der Waals surface area contributed by atoms with Gasteiger partial charge in [0, 0.05) is 36.1 Å². The predicted molar refractivity (Wildman–Crippen MR) is 31.5 cm³/mol. The molecule has 47 valence electrons. The van der Waals surface area contributed by atoms with Crippen molar-refractivity contribution >= 4 is 36.3 Å². The van der Waals surface area contributed by atoms with Crippen molar-refractivity contribution in [1.82, 2.24) is 0 Å². The fraction of sp³-hybridized carbons (Fsp3) is 0. The number of rotatable bonds is 0. The minimum atomic E-state index is -4.61. The Hall–Kier alpha value is 1.90. The summed E-state index contributed by atoms with van der Waals surface area (Å²) in [6.45, 7) is 0. The van der Waals surface area contributed by atoms with Gasteiger partial charge in [0.25, 0.3) is 0 Å². The van der Waals surface area contributed by atoms with E-state index in [2.05, 4.69) is 0 Å². The van der Waals surface area contributed by atoms with Gasteiger partial charge in [0.2, 0.25) is 0 Å². The van der Waals surface area contributed by atoms with Crippen LogP contribution in [-0.4, -0.2) is 45.6 Å². The third-order valence-corrected chi connectivity index (χ3v) is 0. The van der Waals surface area contributed by atoms with Gasteiger partial charge in [0.1, 0.15) is 0 Å². The first-order valence-electron chi connectivity index (χ1n) is 0.894. The van der Waals surface area contributed by atoms with Crippen LogP contribution < -0.4 is 0 Å². The van der Waals surface area contributed by atoms with Crippen LogP contribution in [0.1, 0.15) is 0 Å². The summed E-state index contributed by atoms with van der Waals surface area (Å²) in [5.41, 5.74) is 0. The molecule has 0 rings (SSSR count). The van der Waals surface area contributed by atoms with Crippen LogP contribution in [0.2, 0.25) is 0 Å². The van der Waals surface area contributed by atoms with Gasteiger partial charge < -0.3 is 19.2 Å². The van der Waals surface area contributed by atoms with Gasteiger partial charge in [-0.1, -0.05) is 0 Å². The number of hydrogen-bond donors (Lipinski definition) is 4. The van der Waals surface area contributed by atoms with E-state index in [1.165, 1.54) is 0 Å². The molecule has 0 saturated heterocycles. The first-order chi connectivity index (χ1) is 2.00. The molecule has 0 fully saturated rings. The van der Waals surface area contributed by atoms with E-state index in [0.717, 1.165) is 0 Å². The van der Waals surface area contributed by atoms with Crippen molar-refractivity contribution in [1.29, 1.82) is 0 Å². The monoisotopic (exact) mass is 247 g/mol. The minimum absolute atomic E-state index is 0. The van der Waals surface area contributed by atoms with Crippen molar-refractivity contribution in [2.45, 2.75) is 0 Å². The Morgan fingerprint density at radius 2 is 0.875 bits per heavy atom. The summed E-state index contributed by atoms with van der Waals surface area (Å²) in [5.74, 6) is 0. The zero-order valence-corrected chi connectivity index (χ0v) is 7.59. The second kappa shape index (κ2) is 8.90. The Morgan fingerprint density at radius 1 is 0.875 bits per heavy atom. The molecule has 4 N–H and O–H groups in total.